The molecule has 0 saturated carbocycles. The van der Waals surface area contributed by atoms with Gasteiger partial charge in [-0.3, -0.25) is 4.79 Å². The van der Waals surface area contributed by atoms with Crippen LogP contribution in [0.3, 0.4) is 0 Å². The van der Waals surface area contributed by atoms with Crippen LogP contribution in [0.15, 0.2) is 42.5 Å². The summed E-state index contributed by atoms with van der Waals surface area (Å²) >= 11 is 11.8. The molecule has 92 valence electrons. The van der Waals surface area contributed by atoms with Crippen LogP contribution in [-0.4, -0.2) is 6.29 Å². The highest BCUT2D eigenvalue weighted by atomic mass is 35.5. The zero-order valence-electron chi connectivity index (χ0n) is 9.40. The van der Waals surface area contributed by atoms with Crippen LogP contribution in [0.25, 0.3) is 0 Å². The van der Waals surface area contributed by atoms with Crippen LogP contribution in [0.1, 0.15) is 15.9 Å². The number of aldehydes is 1. The molecule has 4 heteroatoms. The lowest BCUT2D eigenvalue weighted by Crippen LogP contribution is -1.96. The van der Waals surface area contributed by atoms with Gasteiger partial charge < -0.3 is 4.74 Å². The summed E-state index contributed by atoms with van der Waals surface area (Å²) in [7, 11) is 0. The number of halogens is 2. The Balaban J connectivity index is 2.06. The summed E-state index contributed by atoms with van der Waals surface area (Å²) in [6.07, 6.45) is 0.745. The molecule has 0 aromatic heterocycles. The molecule has 0 heterocycles. The molecular weight excluding hydrogens is 271 g/mol. The summed E-state index contributed by atoms with van der Waals surface area (Å²) in [5, 5.41) is 1.11. The minimum Gasteiger partial charge on any atom is -0.487 e. The lowest BCUT2D eigenvalue weighted by Gasteiger charge is -2.08. The van der Waals surface area contributed by atoms with Crippen LogP contribution < -0.4 is 4.74 Å². The standard InChI is InChI=1S/C14H10Cl2O2/c15-12-4-1-10(2-5-12)9-18-14-6-3-11(8-17)7-13(14)16/h1-8H,9H2. The maximum absolute atomic E-state index is 10.6. The van der Waals surface area contributed by atoms with Crippen molar-refractivity contribution in [2.24, 2.45) is 0 Å². The summed E-state index contributed by atoms with van der Waals surface area (Å²) in [4.78, 5) is 10.6. The topological polar surface area (TPSA) is 26.3 Å². The Morgan fingerprint density at radius 1 is 1.06 bits per heavy atom. The van der Waals surface area contributed by atoms with E-state index in [-0.39, 0.29) is 0 Å². The molecule has 0 unspecified atom stereocenters. The van der Waals surface area contributed by atoms with E-state index in [1.165, 1.54) is 0 Å². The number of hydrogen-bond acceptors (Lipinski definition) is 2. The predicted molar refractivity (Wildman–Crippen MR) is 72.6 cm³/mol. The fourth-order valence-corrected chi connectivity index (χ4v) is 1.82. The average Bonchev–Trinajstić information content (AvgIpc) is 2.39. The van der Waals surface area contributed by atoms with Gasteiger partial charge in [-0.1, -0.05) is 35.3 Å². The highest BCUT2D eigenvalue weighted by Crippen LogP contribution is 2.25. The van der Waals surface area contributed by atoms with E-state index in [1.807, 2.05) is 12.1 Å². The molecule has 0 saturated heterocycles. The van der Waals surface area contributed by atoms with E-state index < -0.39 is 0 Å². The minimum absolute atomic E-state index is 0.400. The SMILES string of the molecule is O=Cc1ccc(OCc2ccc(Cl)cc2)c(Cl)c1. The first-order valence-electron chi connectivity index (χ1n) is 5.31. The molecule has 0 aliphatic heterocycles. The number of carbonyl (C=O) groups is 1. The Labute approximate surface area is 115 Å². The van der Waals surface area contributed by atoms with Crippen LogP contribution in [0.5, 0.6) is 5.75 Å². The van der Waals surface area contributed by atoms with Crippen molar-refractivity contribution in [1.29, 1.82) is 0 Å². The molecular formula is C14H10Cl2O2. The third-order valence-electron chi connectivity index (χ3n) is 2.40. The minimum atomic E-state index is 0.400. The molecule has 0 aliphatic carbocycles. The van der Waals surface area contributed by atoms with Gasteiger partial charge in [0.2, 0.25) is 0 Å². The third kappa shape index (κ3) is 3.25. The van der Waals surface area contributed by atoms with Crippen molar-refractivity contribution in [2.75, 3.05) is 0 Å². The van der Waals surface area contributed by atoms with Crippen molar-refractivity contribution in [1.82, 2.24) is 0 Å². The van der Waals surface area contributed by atoms with Crippen molar-refractivity contribution in [2.45, 2.75) is 6.61 Å². The quantitative estimate of drug-likeness (QED) is 0.777. The first-order valence-corrected chi connectivity index (χ1v) is 6.06. The van der Waals surface area contributed by atoms with E-state index in [0.717, 1.165) is 11.8 Å². The Morgan fingerprint density at radius 2 is 1.78 bits per heavy atom. The molecule has 0 bridgehead atoms. The van der Waals surface area contributed by atoms with Crippen LogP contribution in [0.4, 0.5) is 0 Å². The zero-order chi connectivity index (χ0) is 13.0. The average molecular weight is 281 g/mol. The van der Waals surface area contributed by atoms with Gasteiger partial charge in [-0.2, -0.15) is 0 Å². The molecule has 0 N–H and O–H groups in total. The second kappa shape index (κ2) is 5.89. The van der Waals surface area contributed by atoms with Gasteiger partial charge in [-0.25, -0.2) is 0 Å². The first kappa shape index (κ1) is 12.9. The van der Waals surface area contributed by atoms with E-state index in [9.17, 15) is 4.79 Å². The highest BCUT2D eigenvalue weighted by Gasteiger charge is 2.03. The van der Waals surface area contributed by atoms with Gasteiger partial charge in [0.25, 0.3) is 0 Å². The lowest BCUT2D eigenvalue weighted by atomic mass is 10.2. The molecule has 0 atom stereocenters. The van der Waals surface area contributed by atoms with E-state index >= 15 is 0 Å². The smallest absolute Gasteiger partial charge is 0.150 e. The Bertz CT molecular complexity index is 550. The van der Waals surface area contributed by atoms with Gasteiger partial charge >= 0.3 is 0 Å². The molecule has 2 rings (SSSR count). The number of hydrogen-bond donors (Lipinski definition) is 0. The van der Waals surface area contributed by atoms with Crippen molar-refractivity contribution in [3.63, 3.8) is 0 Å². The Morgan fingerprint density at radius 3 is 2.39 bits per heavy atom. The van der Waals surface area contributed by atoms with Gasteiger partial charge in [0, 0.05) is 10.6 Å². The molecule has 0 spiro atoms. The van der Waals surface area contributed by atoms with Crippen molar-refractivity contribution in [3.8, 4) is 5.75 Å². The molecule has 0 aliphatic rings. The number of carbonyl (C=O) groups excluding carboxylic acids is 1. The van der Waals surface area contributed by atoms with Gasteiger partial charge in [-0.05, 0) is 35.9 Å². The molecule has 2 aromatic carbocycles. The number of benzene rings is 2. The monoisotopic (exact) mass is 280 g/mol. The summed E-state index contributed by atoms with van der Waals surface area (Å²) in [6.45, 7) is 0.400. The molecule has 18 heavy (non-hydrogen) atoms. The second-order valence-corrected chi connectivity index (χ2v) is 4.57. The fourth-order valence-electron chi connectivity index (χ4n) is 1.45. The fraction of sp³-hybridized carbons (Fsp3) is 0.0714. The van der Waals surface area contributed by atoms with E-state index in [2.05, 4.69) is 0 Å². The van der Waals surface area contributed by atoms with Crippen molar-refractivity contribution in [3.05, 3.63) is 63.6 Å². The number of rotatable bonds is 4. The van der Waals surface area contributed by atoms with E-state index in [4.69, 9.17) is 27.9 Å². The molecule has 2 aromatic rings. The summed E-state index contributed by atoms with van der Waals surface area (Å²) in [5.41, 5.74) is 1.52. The van der Waals surface area contributed by atoms with Crippen molar-refractivity contribution < 1.29 is 9.53 Å². The maximum Gasteiger partial charge on any atom is 0.150 e. The lowest BCUT2D eigenvalue weighted by molar-refractivity contribution is 0.112. The van der Waals surface area contributed by atoms with Gasteiger partial charge in [0.1, 0.15) is 18.6 Å². The summed E-state index contributed by atoms with van der Waals surface area (Å²) in [6, 6.07) is 12.3. The Kier molecular flexibility index (Phi) is 4.24. The molecule has 2 nitrogen and oxygen atoms in total. The van der Waals surface area contributed by atoms with E-state index in [0.29, 0.717) is 28.0 Å². The molecule has 0 radical (unpaired) electrons. The zero-order valence-corrected chi connectivity index (χ0v) is 10.9. The van der Waals surface area contributed by atoms with Crippen molar-refractivity contribution >= 4 is 29.5 Å². The maximum atomic E-state index is 10.6. The number of ether oxygens (including phenoxy) is 1. The van der Waals surface area contributed by atoms with E-state index in [1.54, 1.807) is 30.3 Å². The van der Waals surface area contributed by atoms with Gasteiger partial charge in [0.15, 0.2) is 0 Å². The first-order chi connectivity index (χ1) is 8.69. The van der Waals surface area contributed by atoms with Gasteiger partial charge in [0.05, 0.1) is 5.02 Å². The molecule has 0 fully saturated rings. The largest absolute Gasteiger partial charge is 0.487 e. The summed E-state index contributed by atoms with van der Waals surface area (Å²) in [5.74, 6) is 0.553. The van der Waals surface area contributed by atoms with Crippen LogP contribution in [-0.2, 0) is 6.61 Å². The third-order valence-corrected chi connectivity index (χ3v) is 2.95. The normalized spacial score (nSPS) is 10.1. The van der Waals surface area contributed by atoms with Crippen LogP contribution in [0, 0.1) is 0 Å². The highest BCUT2D eigenvalue weighted by molar-refractivity contribution is 6.32. The molecule has 0 amide bonds. The summed E-state index contributed by atoms with van der Waals surface area (Å²) < 4.78 is 5.57. The Hall–Kier alpha value is -1.51. The van der Waals surface area contributed by atoms with Crippen LogP contribution >= 0.6 is 23.2 Å². The second-order valence-electron chi connectivity index (χ2n) is 3.72. The van der Waals surface area contributed by atoms with Gasteiger partial charge in [-0.15, -0.1) is 0 Å². The van der Waals surface area contributed by atoms with Crippen LogP contribution in [0.2, 0.25) is 10.0 Å². The predicted octanol–water partition coefficient (Wildman–Crippen LogP) is 4.38.